The van der Waals surface area contributed by atoms with Crippen molar-refractivity contribution in [2.75, 3.05) is 11.1 Å². The quantitative estimate of drug-likeness (QED) is 0.279. The molecule has 156 valence electrons. The third kappa shape index (κ3) is 4.46. The lowest BCUT2D eigenvalue weighted by Crippen LogP contribution is -2.20. The molecule has 31 heavy (non-hydrogen) atoms. The highest BCUT2D eigenvalue weighted by Crippen LogP contribution is 2.23. The van der Waals surface area contributed by atoms with Gasteiger partial charge in [-0.2, -0.15) is 0 Å². The first-order valence-corrected chi connectivity index (χ1v) is 10.8. The van der Waals surface area contributed by atoms with E-state index in [1.165, 1.54) is 11.8 Å². The lowest BCUT2D eigenvalue weighted by atomic mass is 10.1. The summed E-state index contributed by atoms with van der Waals surface area (Å²) in [5, 5.41) is 4.10. The maximum absolute atomic E-state index is 12.6. The Labute approximate surface area is 184 Å². The Morgan fingerprint density at radius 2 is 1.84 bits per heavy atom. The van der Waals surface area contributed by atoms with E-state index in [1.54, 1.807) is 35.9 Å². The normalized spacial score (nSPS) is 10.9. The summed E-state index contributed by atoms with van der Waals surface area (Å²) in [6, 6.07) is 20.2. The van der Waals surface area contributed by atoms with E-state index >= 15 is 0 Å². The van der Waals surface area contributed by atoms with E-state index in [9.17, 15) is 9.59 Å². The highest BCUT2D eigenvalue weighted by atomic mass is 32.2. The number of aryl methyl sites for hydroxylation is 1. The second-order valence-electron chi connectivity index (χ2n) is 7.31. The molecule has 0 aliphatic heterocycles. The number of carbonyl (C=O) groups excluding carboxylic acids is 1. The molecule has 1 aromatic heterocycles. The van der Waals surface area contributed by atoms with Gasteiger partial charge in [-0.3, -0.25) is 14.2 Å². The first-order valence-electron chi connectivity index (χ1n) is 9.77. The molecule has 0 fully saturated rings. The molecule has 0 saturated heterocycles. The first-order chi connectivity index (χ1) is 14.9. The summed E-state index contributed by atoms with van der Waals surface area (Å²) < 4.78 is 1.58. The van der Waals surface area contributed by atoms with Gasteiger partial charge in [0.05, 0.1) is 22.3 Å². The molecular formula is C24H22N4O2S. The van der Waals surface area contributed by atoms with Gasteiger partial charge in [0, 0.05) is 18.4 Å². The SMILES string of the molecule is Cc1ccc2c(=O)n(C)c(SCc3ccc(C(=O)Nc4ccccc4N)cc3)nc2c1. The van der Waals surface area contributed by atoms with Crippen molar-refractivity contribution < 1.29 is 4.79 Å². The fourth-order valence-corrected chi connectivity index (χ4v) is 4.12. The van der Waals surface area contributed by atoms with Gasteiger partial charge in [0.25, 0.3) is 11.5 Å². The van der Waals surface area contributed by atoms with Gasteiger partial charge >= 0.3 is 0 Å². The standard InChI is InChI=1S/C24H22N4O2S/c1-15-7-12-18-21(13-15)27-24(28(2)23(18)30)31-14-16-8-10-17(11-9-16)22(29)26-20-6-4-3-5-19(20)25/h3-13H,14,25H2,1-2H3,(H,26,29). The second-order valence-corrected chi connectivity index (χ2v) is 8.25. The Bertz CT molecular complexity index is 1330. The topological polar surface area (TPSA) is 90.0 Å². The maximum atomic E-state index is 12.6. The van der Waals surface area contributed by atoms with E-state index < -0.39 is 0 Å². The molecule has 6 nitrogen and oxygen atoms in total. The van der Waals surface area contributed by atoms with E-state index in [4.69, 9.17) is 5.73 Å². The van der Waals surface area contributed by atoms with Crippen molar-refractivity contribution in [3.63, 3.8) is 0 Å². The van der Waals surface area contributed by atoms with Crippen LogP contribution in [0, 0.1) is 6.92 Å². The lowest BCUT2D eigenvalue weighted by molar-refractivity contribution is 0.102. The summed E-state index contributed by atoms with van der Waals surface area (Å²) in [6.45, 7) is 1.98. The smallest absolute Gasteiger partial charge is 0.261 e. The molecule has 3 aromatic carbocycles. The number of nitrogens with two attached hydrogens (primary N) is 1. The molecule has 3 N–H and O–H groups in total. The number of benzene rings is 3. The van der Waals surface area contributed by atoms with Crippen molar-refractivity contribution in [3.05, 3.63) is 93.8 Å². The Balaban J connectivity index is 1.47. The number of nitrogens with one attached hydrogen (secondary N) is 1. The number of hydrogen-bond donors (Lipinski definition) is 2. The highest BCUT2D eigenvalue weighted by Gasteiger charge is 2.11. The number of nitrogens with zero attached hydrogens (tertiary/aromatic N) is 2. The number of carbonyl (C=O) groups is 1. The summed E-state index contributed by atoms with van der Waals surface area (Å²) in [5.74, 6) is 0.413. The number of nitrogen functional groups attached to an aromatic ring is 1. The zero-order valence-corrected chi connectivity index (χ0v) is 18.1. The molecule has 0 spiro atoms. The molecule has 0 radical (unpaired) electrons. The van der Waals surface area contributed by atoms with Gasteiger partial charge in [-0.05, 0) is 54.4 Å². The van der Waals surface area contributed by atoms with Gasteiger partial charge in [0.2, 0.25) is 0 Å². The van der Waals surface area contributed by atoms with Gasteiger partial charge in [0.1, 0.15) is 0 Å². The Hall–Kier alpha value is -3.58. The summed E-state index contributed by atoms with van der Waals surface area (Å²) >= 11 is 1.49. The average Bonchev–Trinajstić information content (AvgIpc) is 2.77. The van der Waals surface area contributed by atoms with Gasteiger partial charge in [0.15, 0.2) is 5.16 Å². The van der Waals surface area contributed by atoms with E-state index in [-0.39, 0.29) is 11.5 Å². The largest absolute Gasteiger partial charge is 0.397 e. The predicted octanol–water partition coefficient (Wildman–Crippen LogP) is 4.37. The fraction of sp³-hybridized carbons (Fsp3) is 0.125. The molecule has 4 aromatic rings. The van der Waals surface area contributed by atoms with Crippen molar-refractivity contribution in [2.24, 2.45) is 7.05 Å². The minimum absolute atomic E-state index is 0.0558. The van der Waals surface area contributed by atoms with Crippen molar-refractivity contribution in [2.45, 2.75) is 17.8 Å². The molecule has 0 aliphatic rings. The van der Waals surface area contributed by atoms with E-state index in [2.05, 4.69) is 10.3 Å². The molecule has 0 saturated carbocycles. The predicted molar refractivity (Wildman–Crippen MR) is 127 cm³/mol. The number of aromatic nitrogens is 2. The summed E-state index contributed by atoms with van der Waals surface area (Å²) in [4.78, 5) is 29.8. The van der Waals surface area contributed by atoms with Crippen LogP contribution in [0.3, 0.4) is 0 Å². The van der Waals surface area contributed by atoms with Crippen LogP contribution in [0.2, 0.25) is 0 Å². The molecule has 0 bridgehead atoms. The van der Waals surface area contributed by atoms with Crippen molar-refractivity contribution in [1.82, 2.24) is 9.55 Å². The molecular weight excluding hydrogens is 408 g/mol. The van der Waals surface area contributed by atoms with Crippen LogP contribution in [0.5, 0.6) is 0 Å². The van der Waals surface area contributed by atoms with Crippen molar-refractivity contribution in [3.8, 4) is 0 Å². The van der Waals surface area contributed by atoms with Crippen molar-refractivity contribution in [1.29, 1.82) is 0 Å². The molecule has 1 amide bonds. The van der Waals surface area contributed by atoms with E-state index in [1.807, 2.05) is 49.4 Å². The summed E-state index contributed by atoms with van der Waals surface area (Å²) in [6.07, 6.45) is 0. The van der Waals surface area contributed by atoms with Crippen LogP contribution >= 0.6 is 11.8 Å². The average molecular weight is 431 g/mol. The molecule has 0 atom stereocenters. The number of anilines is 2. The number of fused-ring (bicyclic) bond motifs is 1. The molecule has 1 heterocycles. The van der Waals surface area contributed by atoms with Crippen LogP contribution in [0.1, 0.15) is 21.5 Å². The van der Waals surface area contributed by atoms with Crippen LogP contribution < -0.4 is 16.6 Å². The number of thioether (sulfide) groups is 1. The molecule has 0 unspecified atom stereocenters. The van der Waals surface area contributed by atoms with Gasteiger partial charge in [-0.25, -0.2) is 4.98 Å². The summed E-state index contributed by atoms with van der Waals surface area (Å²) in [5.41, 5.74) is 10.3. The monoisotopic (exact) mass is 430 g/mol. The molecule has 4 rings (SSSR count). The zero-order chi connectivity index (χ0) is 22.0. The number of hydrogen-bond acceptors (Lipinski definition) is 5. The minimum Gasteiger partial charge on any atom is -0.397 e. The third-order valence-electron chi connectivity index (χ3n) is 4.98. The van der Waals surface area contributed by atoms with Gasteiger partial charge in [-0.1, -0.05) is 42.1 Å². The fourth-order valence-electron chi connectivity index (χ4n) is 3.20. The van der Waals surface area contributed by atoms with Gasteiger partial charge < -0.3 is 11.1 Å². The van der Waals surface area contributed by atoms with Crippen LogP contribution in [-0.2, 0) is 12.8 Å². The van der Waals surface area contributed by atoms with Crippen LogP contribution in [0.15, 0.2) is 76.7 Å². The molecule has 0 aliphatic carbocycles. The number of rotatable bonds is 5. The van der Waals surface area contributed by atoms with E-state index in [0.717, 1.165) is 11.1 Å². The first kappa shape index (κ1) is 20.7. The van der Waals surface area contributed by atoms with Crippen LogP contribution in [-0.4, -0.2) is 15.5 Å². The van der Waals surface area contributed by atoms with E-state index in [0.29, 0.717) is 38.8 Å². The lowest BCUT2D eigenvalue weighted by Gasteiger charge is -2.10. The van der Waals surface area contributed by atoms with Gasteiger partial charge in [-0.15, -0.1) is 0 Å². The number of para-hydroxylation sites is 2. The van der Waals surface area contributed by atoms with Crippen LogP contribution in [0.4, 0.5) is 11.4 Å². The zero-order valence-electron chi connectivity index (χ0n) is 17.3. The maximum Gasteiger partial charge on any atom is 0.261 e. The minimum atomic E-state index is -0.217. The number of amides is 1. The molecule has 7 heteroatoms. The second kappa shape index (κ2) is 8.65. The third-order valence-corrected chi connectivity index (χ3v) is 6.09. The Morgan fingerprint density at radius 1 is 1.10 bits per heavy atom. The Morgan fingerprint density at radius 3 is 2.58 bits per heavy atom. The Kier molecular flexibility index (Phi) is 5.77. The highest BCUT2D eigenvalue weighted by molar-refractivity contribution is 7.98. The summed E-state index contributed by atoms with van der Waals surface area (Å²) in [7, 11) is 1.74. The van der Waals surface area contributed by atoms with Crippen molar-refractivity contribution >= 4 is 39.9 Å². The van der Waals surface area contributed by atoms with Crippen LogP contribution in [0.25, 0.3) is 10.9 Å².